The summed E-state index contributed by atoms with van der Waals surface area (Å²) >= 11 is 9.02. The van der Waals surface area contributed by atoms with Gasteiger partial charge in [0.25, 0.3) is 11.8 Å². The number of amides is 3. The first-order valence-corrected chi connectivity index (χ1v) is 19.0. The van der Waals surface area contributed by atoms with E-state index in [1.807, 2.05) is 13.0 Å². The van der Waals surface area contributed by atoms with Crippen molar-refractivity contribution in [3.63, 3.8) is 0 Å². The van der Waals surface area contributed by atoms with Crippen LogP contribution >= 0.6 is 34.7 Å². The van der Waals surface area contributed by atoms with Crippen molar-refractivity contribution in [2.45, 2.75) is 68.9 Å². The first-order valence-electron chi connectivity index (χ1n) is 16.9. The van der Waals surface area contributed by atoms with Crippen molar-refractivity contribution in [3.8, 4) is 0 Å². The second-order valence-electron chi connectivity index (χ2n) is 11.8. The van der Waals surface area contributed by atoms with E-state index in [0.717, 1.165) is 49.0 Å². The number of aryl methyl sites for hydroxylation is 1. The summed E-state index contributed by atoms with van der Waals surface area (Å²) in [4.78, 5) is 55.2. The Balaban J connectivity index is 1.34. The molecule has 0 spiro atoms. The predicted octanol–water partition coefficient (Wildman–Crippen LogP) is 9.30. The van der Waals surface area contributed by atoms with Crippen LogP contribution in [-0.4, -0.2) is 35.5 Å². The number of thiophene rings is 1. The molecule has 0 saturated carbocycles. The van der Waals surface area contributed by atoms with E-state index >= 15 is 0 Å². The fourth-order valence-electron chi connectivity index (χ4n) is 5.69. The fraction of sp³-hybridized carbons (Fsp3) is 0.282. The van der Waals surface area contributed by atoms with Crippen LogP contribution in [0.5, 0.6) is 0 Å². The molecule has 0 bridgehead atoms. The highest BCUT2D eigenvalue weighted by molar-refractivity contribution is 8.00. The van der Waals surface area contributed by atoms with Crippen LogP contribution in [0.2, 0.25) is 5.02 Å². The minimum atomic E-state index is -0.703. The molecule has 0 radical (unpaired) electrons. The summed E-state index contributed by atoms with van der Waals surface area (Å²) in [6.45, 7) is 3.91. The highest BCUT2D eigenvalue weighted by Crippen LogP contribution is 2.38. The van der Waals surface area contributed by atoms with Gasteiger partial charge in [-0.25, -0.2) is 9.18 Å². The van der Waals surface area contributed by atoms with E-state index in [9.17, 15) is 23.6 Å². The maximum absolute atomic E-state index is 14.7. The average molecular weight is 748 g/mol. The van der Waals surface area contributed by atoms with Crippen molar-refractivity contribution in [3.05, 3.63) is 116 Å². The molecular weight excluding hydrogens is 709 g/mol. The van der Waals surface area contributed by atoms with Crippen LogP contribution in [0.1, 0.15) is 82.7 Å². The minimum Gasteiger partial charge on any atom is -0.462 e. The summed E-state index contributed by atoms with van der Waals surface area (Å²) < 4.78 is 20.1. The van der Waals surface area contributed by atoms with Crippen LogP contribution in [0.15, 0.2) is 83.4 Å². The van der Waals surface area contributed by atoms with E-state index in [1.165, 1.54) is 47.4 Å². The molecule has 51 heavy (non-hydrogen) atoms. The van der Waals surface area contributed by atoms with Gasteiger partial charge < -0.3 is 20.7 Å². The topological polar surface area (TPSA) is 114 Å². The van der Waals surface area contributed by atoms with Gasteiger partial charge in [-0.05, 0) is 93.1 Å². The number of ether oxygens (including phenoxy) is 1. The van der Waals surface area contributed by atoms with Crippen LogP contribution in [0, 0.1) is 5.82 Å². The summed E-state index contributed by atoms with van der Waals surface area (Å²) in [6, 6.07) is 19.4. The lowest BCUT2D eigenvalue weighted by atomic mass is 9.96. The SMILES string of the molecule is CCOC(=O)c1c(NC(=O)C(CC)Sc2cccc(NC(=O)/C(=C\c3c(F)cccc3Cl)NC(=O)c3ccccc3)c2)sc2c1CCCCCC2. The van der Waals surface area contributed by atoms with Gasteiger partial charge in [0.2, 0.25) is 5.91 Å². The number of hydrogen-bond acceptors (Lipinski definition) is 7. The van der Waals surface area contributed by atoms with Gasteiger partial charge in [0, 0.05) is 26.6 Å². The van der Waals surface area contributed by atoms with Crippen molar-refractivity contribution < 1.29 is 28.3 Å². The van der Waals surface area contributed by atoms with E-state index in [1.54, 1.807) is 55.5 Å². The monoisotopic (exact) mass is 747 g/mol. The molecule has 1 aromatic heterocycles. The van der Waals surface area contributed by atoms with Gasteiger partial charge in [0.15, 0.2) is 0 Å². The summed E-state index contributed by atoms with van der Waals surface area (Å²) in [7, 11) is 0. The van der Waals surface area contributed by atoms with Crippen LogP contribution < -0.4 is 16.0 Å². The van der Waals surface area contributed by atoms with Gasteiger partial charge in [0.05, 0.1) is 22.4 Å². The number of thioether (sulfide) groups is 1. The molecule has 5 rings (SSSR count). The largest absolute Gasteiger partial charge is 0.462 e. The first kappa shape index (κ1) is 37.8. The third-order valence-electron chi connectivity index (χ3n) is 8.24. The van der Waals surface area contributed by atoms with Crippen molar-refractivity contribution in [2.24, 2.45) is 0 Å². The third-order valence-corrected chi connectivity index (χ3v) is 11.1. The van der Waals surface area contributed by atoms with Crippen LogP contribution in [0.25, 0.3) is 6.08 Å². The van der Waals surface area contributed by atoms with Gasteiger partial charge >= 0.3 is 5.97 Å². The molecule has 0 aliphatic heterocycles. The molecule has 3 aromatic carbocycles. The highest BCUT2D eigenvalue weighted by atomic mass is 35.5. The number of carbonyl (C=O) groups excluding carboxylic acids is 4. The zero-order chi connectivity index (χ0) is 36.3. The molecule has 1 unspecified atom stereocenters. The van der Waals surface area contributed by atoms with Gasteiger partial charge in [-0.15, -0.1) is 23.1 Å². The summed E-state index contributed by atoms with van der Waals surface area (Å²) in [5, 5.41) is 8.49. The number of hydrogen-bond donors (Lipinski definition) is 3. The average Bonchev–Trinajstić information content (AvgIpc) is 3.43. The fourth-order valence-corrected chi connectivity index (χ4v) is 8.20. The standard InChI is InChI=1S/C39H39ClFN3O5S2/c1-3-32(37(47)44-38-34(39(48)49-4-2)27-18-10-5-6-11-21-33(27)51-38)50-26-17-12-16-25(22-26)42-36(46)31(23-28-29(40)19-13-20-30(28)41)43-35(45)24-14-8-7-9-15-24/h7-9,12-17,19-20,22-23,32H,3-6,10-11,18,21H2,1-2H3,(H,42,46)(H,43,45)(H,44,47)/b31-23+. The smallest absolute Gasteiger partial charge is 0.341 e. The Morgan fingerprint density at radius 3 is 2.41 bits per heavy atom. The number of esters is 1. The molecule has 3 amide bonds. The van der Waals surface area contributed by atoms with E-state index in [0.29, 0.717) is 33.1 Å². The zero-order valence-corrected chi connectivity index (χ0v) is 30.7. The van der Waals surface area contributed by atoms with Crippen molar-refractivity contribution in [1.82, 2.24) is 5.32 Å². The second-order valence-corrected chi connectivity index (χ2v) is 14.6. The second kappa shape index (κ2) is 18.2. The van der Waals surface area contributed by atoms with Crippen molar-refractivity contribution in [2.75, 3.05) is 17.2 Å². The number of carbonyl (C=O) groups is 4. The molecule has 1 atom stereocenters. The number of nitrogens with one attached hydrogen (secondary N) is 3. The summed E-state index contributed by atoms with van der Waals surface area (Å²) in [5.74, 6) is -2.58. The molecular formula is C39H39ClFN3O5S2. The number of halogens is 2. The van der Waals surface area contributed by atoms with Gasteiger partial charge in [-0.2, -0.15) is 0 Å². The Morgan fingerprint density at radius 2 is 1.69 bits per heavy atom. The Hall–Kier alpha value is -4.45. The third kappa shape index (κ3) is 9.87. The first-order chi connectivity index (χ1) is 24.7. The number of fused-ring (bicyclic) bond motifs is 1. The Bertz CT molecular complexity index is 1910. The van der Waals surface area contributed by atoms with E-state index in [2.05, 4.69) is 16.0 Å². The maximum Gasteiger partial charge on any atom is 0.341 e. The van der Waals surface area contributed by atoms with E-state index in [-0.39, 0.29) is 28.8 Å². The predicted molar refractivity (Wildman–Crippen MR) is 203 cm³/mol. The molecule has 12 heteroatoms. The molecule has 0 saturated heterocycles. The van der Waals surface area contributed by atoms with E-state index < -0.39 is 28.9 Å². The lowest BCUT2D eigenvalue weighted by molar-refractivity contribution is -0.116. The normalized spacial score (nSPS) is 13.6. The van der Waals surface area contributed by atoms with Crippen LogP contribution in [-0.2, 0) is 27.2 Å². The lowest BCUT2D eigenvalue weighted by Crippen LogP contribution is -2.30. The number of anilines is 2. The maximum atomic E-state index is 14.7. The molecule has 0 fully saturated rings. The molecule has 3 N–H and O–H groups in total. The molecule has 4 aromatic rings. The Morgan fingerprint density at radius 1 is 0.941 bits per heavy atom. The van der Waals surface area contributed by atoms with Gasteiger partial charge in [0.1, 0.15) is 16.5 Å². The van der Waals surface area contributed by atoms with Gasteiger partial charge in [-0.1, -0.05) is 61.7 Å². The summed E-state index contributed by atoms with van der Waals surface area (Å²) in [5.41, 5.74) is 1.88. The lowest BCUT2D eigenvalue weighted by Gasteiger charge is -2.16. The highest BCUT2D eigenvalue weighted by Gasteiger charge is 2.28. The van der Waals surface area contributed by atoms with Crippen LogP contribution in [0.3, 0.4) is 0 Å². The summed E-state index contributed by atoms with van der Waals surface area (Å²) in [6.07, 6.45) is 7.60. The van der Waals surface area contributed by atoms with Crippen molar-refractivity contribution in [1.29, 1.82) is 0 Å². The Kier molecular flexibility index (Phi) is 13.5. The molecule has 266 valence electrons. The molecule has 8 nitrogen and oxygen atoms in total. The van der Waals surface area contributed by atoms with Crippen molar-refractivity contribution >= 4 is 75.2 Å². The number of rotatable bonds is 12. The minimum absolute atomic E-state index is 0.0531. The van der Waals surface area contributed by atoms with E-state index in [4.69, 9.17) is 16.3 Å². The van der Waals surface area contributed by atoms with Crippen LogP contribution in [0.4, 0.5) is 15.1 Å². The molecule has 1 aliphatic carbocycles. The molecule has 1 heterocycles. The Labute approximate surface area is 310 Å². The molecule has 1 aliphatic rings. The zero-order valence-electron chi connectivity index (χ0n) is 28.4. The van der Waals surface area contributed by atoms with Gasteiger partial charge in [-0.3, -0.25) is 14.4 Å². The number of benzene rings is 3. The quantitative estimate of drug-likeness (QED) is 0.0757.